The Kier molecular flexibility index (Phi) is 5.53. The molecular weight excluding hydrogens is 459 g/mol. The van der Waals surface area contributed by atoms with Crippen molar-refractivity contribution >= 4 is 48.5 Å². The van der Waals surface area contributed by atoms with Gasteiger partial charge in [0.25, 0.3) is 10.0 Å². The van der Waals surface area contributed by atoms with Crippen molar-refractivity contribution in [3.8, 4) is 11.1 Å². The number of hydrogen-bond acceptors (Lipinski definition) is 6. The number of carbonyl (C=O) groups is 1. The van der Waals surface area contributed by atoms with Gasteiger partial charge in [-0.1, -0.05) is 17.4 Å². The lowest BCUT2D eigenvalue weighted by atomic mass is 10.0. The number of hydrogen-bond donors (Lipinski definition) is 2. The van der Waals surface area contributed by atoms with E-state index < -0.39 is 22.0 Å². The number of sulfonamides is 1. The van der Waals surface area contributed by atoms with Crippen molar-refractivity contribution in [2.45, 2.75) is 11.8 Å². The van der Waals surface area contributed by atoms with Gasteiger partial charge in [-0.2, -0.15) is 4.39 Å². The van der Waals surface area contributed by atoms with E-state index in [9.17, 15) is 17.6 Å². The number of nitrogens with one attached hydrogen (secondary N) is 2. The lowest BCUT2D eigenvalue weighted by molar-refractivity contribution is 0.256. The molecule has 1 aromatic carbocycles. The van der Waals surface area contributed by atoms with Crippen LogP contribution in [0.3, 0.4) is 0 Å². The van der Waals surface area contributed by atoms with Crippen molar-refractivity contribution < 1.29 is 17.6 Å². The number of anilines is 1. The number of pyridine rings is 1. The van der Waals surface area contributed by atoms with E-state index in [4.69, 9.17) is 0 Å². The van der Waals surface area contributed by atoms with Gasteiger partial charge >= 0.3 is 6.03 Å². The molecule has 2 aromatic heterocycles. The molecule has 0 fully saturated rings. The first-order valence-corrected chi connectivity index (χ1v) is 10.5. The largest absolute Gasteiger partial charge is 0.334 e. The van der Waals surface area contributed by atoms with Gasteiger partial charge < -0.3 is 0 Å². The molecule has 11 heteroatoms. The highest BCUT2D eigenvalue weighted by molar-refractivity contribution is 9.11. The Labute approximate surface area is 166 Å². The first kappa shape index (κ1) is 19.4. The third kappa shape index (κ3) is 4.67. The third-order valence-corrected chi connectivity index (χ3v) is 6.19. The van der Waals surface area contributed by atoms with E-state index in [0.29, 0.717) is 20.5 Å². The van der Waals surface area contributed by atoms with Crippen LogP contribution in [0.25, 0.3) is 11.1 Å². The summed E-state index contributed by atoms with van der Waals surface area (Å²) in [5, 5.41) is 2.60. The van der Waals surface area contributed by atoms with Crippen LogP contribution in [0, 0.1) is 12.9 Å². The molecule has 140 valence electrons. The van der Waals surface area contributed by atoms with Gasteiger partial charge in [0, 0.05) is 11.8 Å². The van der Waals surface area contributed by atoms with Gasteiger partial charge in [-0.15, -0.1) is 0 Å². The highest BCUT2D eigenvalue weighted by Gasteiger charge is 2.19. The molecule has 0 atom stereocenters. The molecule has 3 aromatic rings. The molecule has 0 spiro atoms. The van der Waals surface area contributed by atoms with Gasteiger partial charge in [-0.25, -0.2) is 27.9 Å². The fourth-order valence-corrected chi connectivity index (χ4v) is 4.37. The molecule has 0 aliphatic carbocycles. The third-order valence-electron chi connectivity index (χ3n) is 3.47. The number of amides is 2. The summed E-state index contributed by atoms with van der Waals surface area (Å²) in [7, 11) is -4.07. The Morgan fingerprint density at radius 3 is 2.56 bits per heavy atom. The summed E-state index contributed by atoms with van der Waals surface area (Å²) >= 11 is 4.35. The van der Waals surface area contributed by atoms with Gasteiger partial charge in [0.15, 0.2) is 5.13 Å². The van der Waals surface area contributed by atoms with E-state index in [1.54, 1.807) is 19.1 Å². The maximum Gasteiger partial charge on any atom is 0.334 e. The summed E-state index contributed by atoms with van der Waals surface area (Å²) in [6.07, 6.45) is 2.85. The van der Waals surface area contributed by atoms with E-state index in [-0.39, 0.29) is 10.0 Å². The summed E-state index contributed by atoms with van der Waals surface area (Å²) in [6, 6.07) is 6.23. The SMILES string of the molecule is Cc1cc(S(=O)(=O)NC(=O)Nc2ncc(Br)s2)ccc1-c1ccc(F)nc1. The Morgan fingerprint density at radius 1 is 1.19 bits per heavy atom. The number of urea groups is 1. The summed E-state index contributed by atoms with van der Waals surface area (Å²) < 4.78 is 40.4. The second kappa shape index (κ2) is 7.71. The maximum absolute atomic E-state index is 13.0. The van der Waals surface area contributed by atoms with Crippen molar-refractivity contribution in [2.75, 3.05) is 5.32 Å². The minimum absolute atomic E-state index is 0.0747. The predicted octanol–water partition coefficient (Wildman–Crippen LogP) is 3.93. The Hall–Kier alpha value is -2.37. The van der Waals surface area contributed by atoms with Gasteiger partial charge in [-0.3, -0.25) is 5.32 Å². The molecule has 0 radical (unpaired) electrons. The standard InChI is InChI=1S/C16H12BrFN4O3S2/c1-9-6-11(3-4-12(9)10-2-5-14(18)19-7-10)27(24,25)22-15(23)21-16-20-8-13(17)26-16/h2-8H,1H3,(H2,20,21,22,23). The zero-order valence-electron chi connectivity index (χ0n) is 13.7. The first-order chi connectivity index (χ1) is 12.7. The molecule has 2 heterocycles. The van der Waals surface area contributed by atoms with Crippen LogP contribution >= 0.6 is 27.3 Å². The molecule has 2 amide bonds. The number of rotatable bonds is 4. The summed E-state index contributed by atoms with van der Waals surface area (Å²) in [5.74, 6) is -0.599. The number of nitrogens with zero attached hydrogens (tertiary/aromatic N) is 2. The van der Waals surface area contributed by atoms with Crippen molar-refractivity contribution in [2.24, 2.45) is 0 Å². The first-order valence-electron chi connectivity index (χ1n) is 7.42. The number of aromatic nitrogens is 2. The average molecular weight is 471 g/mol. The Balaban J connectivity index is 1.79. The number of thiazole rings is 1. The minimum Gasteiger partial charge on any atom is -0.283 e. The summed E-state index contributed by atoms with van der Waals surface area (Å²) in [6.45, 7) is 1.71. The molecule has 2 N–H and O–H groups in total. The van der Waals surface area contributed by atoms with Crippen LogP contribution in [0.4, 0.5) is 14.3 Å². The average Bonchev–Trinajstić information content (AvgIpc) is 3.00. The van der Waals surface area contributed by atoms with Crippen LogP contribution in [-0.4, -0.2) is 24.4 Å². The molecule has 0 aliphatic rings. The van der Waals surface area contributed by atoms with Gasteiger partial charge in [-0.05, 0) is 58.2 Å². The van der Waals surface area contributed by atoms with Gasteiger partial charge in [0.2, 0.25) is 5.95 Å². The number of carbonyl (C=O) groups excluding carboxylic acids is 1. The lowest BCUT2D eigenvalue weighted by Gasteiger charge is -2.10. The molecule has 0 unspecified atom stereocenters. The van der Waals surface area contributed by atoms with E-state index >= 15 is 0 Å². The topological polar surface area (TPSA) is 101 Å². The van der Waals surface area contributed by atoms with Crippen molar-refractivity contribution in [1.82, 2.24) is 14.7 Å². The molecule has 0 aliphatic heterocycles. The molecule has 3 rings (SSSR count). The smallest absolute Gasteiger partial charge is 0.283 e. The Bertz CT molecular complexity index is 1100. The van der Waals surface area contributed by atoms with Gasteiger partial charge in [0.1, 0.15) is 0 Å². The fourth-order valence-electron chi connectivity index (χ4n) is 2.28. The molecule has 27 heavy (non-hydrogen) atoms. The fraction of sp³-hybridized carbons (Fsp3) is 0.0625. The van der Waals surface area contributed by atoms with Crippen molar-refractivity contribution in [3.63, 3.8) is 0 Å². The van der Waals surface area contributed by atoms with Gasteiger partial charge in [0.05, 0.1) is 14.9 Å². The van der Waals surface area contributed by atoms with Crippen LogP contribution < -0.4 is 10.0 Å². The quantitative estimate of drug-likeness (QED) is 0.562. The second-order valence-electron chi connectivity index (χ2n) is 5.38. The zero-order valence-corrected chi connectivity index (χ0v) is 17.0. The highest BCUT2D eigenvalue weighted by atomic mass is 79.9. The van der Waals surface area contributed by atoms with Crippen LogP contribution in [-0.2, 0) is 10.0 Å². The van der Waals surface area contributed by atoms with Crippen molar-refractivity contribution in [3.05, 3.63) is 58.0 Å². The van der Waals surface area contributed by atoms with E-state index in [0.717, 1.165) is 11.3 Å². The van der Waals surface area contributed by atoms with E-state index in [1.165, 1.54) is 30.6 Å². The van der Waals surface area contributed by atoms with Crippen LogP contribution in [0.15, 0.2) is 51.4 Å². The van der Waals surface area contributed by atoms with Crippen molar-refractivity contribution in [1.29, 1.82) is 0 Å². The normalized spacial score (nSPS) is 11.2. The summed E-state index contributed by atoms with van der Waals surface area (Å²) in [5.41, 5.74) is 1.99. The van der Waals surface area contributed by atoms with Crippen LogP contribution in [0.5, 0.6) is 0 Å². The zero-order chi connectivity index (χ0) is 19.6. The predicted molar refractivity (Wildman–Crippen MR) is 104 cm³/mol. The second-order valence-corrected chi connectivity index (χ2v) is 9.47. The molecule has 0 bridgehead atoms. The van der Waals surface area contributed by atoms with Crippen LogP contribution in [0.2, 0.25) is 0 Å². The molecule has 0 saturated heterocycles. The number of benzene rings is 1. The lowest BCUT2D eigenvalue weighted by Crippen LogP contribution is -2.34. The molecule has 7 nitrogen and oxygen atoms in total. The molecule has 0 saturated carbocycles. The monoisotopic (exact) mass is 470 g/mol. The highest BCUT2D eigenvalue weighted by Crippen LogP contribution is 2.26. The Morgan fingerprint density at radius 2 is 1.96 bits per heavy atom. The molecular formula is C16H12BrFN4O3S2. The van der Waals surface area contributed by atoms with E-state index in [2.05, 4.69) is 31.2 Å². The number of aryl methyl sites for hydroxylation is 1. The number of halogens is 2. The van der Waals surface area contributed by atoms with Crippen LogP contribution in [0.1, 0.15) is 5.56 Å². The minimum atomic E-state index is -4.07. The maximum atomic E-state index is 13.0. The van der Waals surface area contributed by atoms with E-state index in [1.807, 2.05) is 4.72 Å². The summed E-state index contributed by atoms with van der Waals surface area (Å²) in [4.78, 5) is 19.3.